The van der Waals surface area contributed by atoms with E-state index >= 15 is 0 Å². The Morgan fingerprint density at radius 3 is 2.55 bits per heavy atom. The number of imidazole rings is 1. The number of hydrogen-bond donors (Lipinski definition) is 2. The summed E-state index contributed by atoms with van der Waals surface area (Å²) in [4.78, 5) is 29.8. The Balaban J connectivity index is 1.60. The second-order valence-electron chi connectivity index (χ2n) is 7.65. The number of carbonyl (C=O) groups excluding carboxylic acids is 2. The lowest BCUT2D eigenvalue weighted by molar-refractivity contribution is 0.0937. The number of carbonyl (C=O) groups is 2. The van der Waals surface area contributed by atoms with Gasteiger partial charge in [0, 0.05) is 19.6 Å². The number of nitrogens with one attached hydrogen (secondary N) is 2. The molecule has 156 valence electrons. The average molecular weight is 397 g/mol. The fourth-order valence-corrected chi connectivity index (χ4v) is 3.78. The molecule has 0 saturated heterocycles. The van der Waals surface area contributed by atoms with E-state index in [2.05, 4.69) is 34.7 Å². The van der Waals surface area contributed by atoms with Crippen molar-refractivity contribution in [2.45, 2.75) is 64.8 Å². The number of aromatic nitrogens is 2. The third kappa shape index (κ3) is 5.68. The van der Waals surface area contributed by atoms with Crippen molar-refractivity contribution in [1.82, 2.24) is 20.2 Å². The molecule has 6 nitrogen and oxygen atoms in total. The molecule has 0 bridgehead atoms. The first-order chi connectivity index (χ1) is 14.2. The maximum absolute atomic E-state index is 12.7. The third-order valence-electron chi connectivity index (χ3n) is 5.37. The zero-order valence-corrected chi connectivity index (χ0v) is 17.4. The van der Waals surface area contributed by atoms with Crippen molar-refractivity contribution >= 4 is 11.8 Å². The molecule has 6 heteroatoms. The summed E-state index contributed by atoms with van der Waals surface area (Å²) < 4.78 is 1.94. The van der Waals surface area contributed by atoms with E-state index in [4.69, 9.17) is 0 Å². The number of rotatable bonds is 10. The van der Waals surface area contributed by atoms with Gasteiger partial charge in [-0.05, 0) is 44.1 Å². The van der Waals surface area contributed by atoms with Gasteiger partial charge in [-0.25, -0.2) is 4.98 Å². The van der Waals surface area contributed by atoms with Gasteiger partial charge in [-0.15, -0.1) is 0 Å². The first kappa shape index (κ1) is 21.1. The molecular weight excluding hydrogens is 364 g/mol. The monoisotopic (exact) mass is 396 g/mol. The van der Waals surface area contributed by atoms with Crippen LogP contribution in [0.15, 0.2) is 30.3 Å². The highest BCUT2D eigenvalue weighted by atomic mass is 16.2. The lowest BCUT2D eigenvalue weighted by Gasteiger charge is -2.17. The smallest absolute Gasteiger partial charge is 0.287 e. The molecule has 2 heterocycles. The van der Waals surface area contributed by atoms with E-state index in [1.165, 1.54) is 5.56 Å². The van der Waals surface area contributed by atoms with Crippen LogP contribution in [0.4, 0.5) is 0 Å². The molecule has 0 spiro atoms. The molecule has 3 rings (SSSR count). The largest absolute Gasteiger partial charge is 0.351 e. The lowest BCUT2D eigenvalue weighted by atomic mass is 10.1. The zero-order chi connectivity index (χ0) is 20.5. The summed E-state index contributed by atoms with van der Waals surface area (Å²) in [6.07, 6.45) is 7.80. The van der Waals surface area contributed by atoms with Crippen LogP contribution in [0.1, 0.15) is 77.8 Å². The summed E-state index contributed by atoms with van der Waals surface area (Å²) in [5, 5.41) is 5.94. The molecule has 29 heavy (non-hydrogen) atoms. The molecule has 2 aromatic rings. The Morgan fingerprint density at radius 2 is 1.76 bits per heavy atom. The van der Waals surface area contributed by atoms with Gasteiger partial charge in [0.1, 0.15) is 5.69 Å². The van der Waals surface area contributed by atoms with Gasteiger partial charge in [-0.1, -0.05) is 50.1 Å². The van der Waals surface area contributed by atoms with Crippen molar-refractivity contribution in [2.75, 3.05) is 13.1 Å². The number of aryl methyl sites for hydroxylation is 1. The predicted octanol–water partition coefficient (Wildman–Crippen LogP) is 3.50. The van der Waals surface area contributed by atoms with Gasteiger partial charge in [0.15, 0.2) is 5.82 Å². The van der Waals surface area contributed by atoms with Crippen molar-refractivity contribution in [3.63, 3.8) is 0 Å². The summed E-state index contributed by atoms with van der Waals surface area (Å²) >= 11 is 0. The second-order valence-corrected chi connectivity index (χ2v) is 7.65. The van der Waals surface area contributed by atoms with Gasteiger partial charge in [0.2, 0.25) is 0 Å². The minimum absolute atomic E-state index is 0.172. The van der Waals surface area contributed by atoms with E-state index in [0.29, 0.717) is 24.6 Å². The number of amides is 2. The van der Waals surface area contributed by atoms with Crippen molar-refractivity contribution in [3.8, 4) is 0 Å². The van der Waals surface area contributed by atoms with Crippen LogP contribution >= 0.6 is 0 Å². The van der Waals surface area contributed by atoms with Crippen LogP contribution in [0, 0.1) is 0 Å². The SMILES string of the molecule is CCCCCNC(=O)c1nc(C(=O)NCCCc2ccccc2)c2n1CCCC2. The van der Waals surface area contributed by atoms with Gasteiger partial charge < -0.3 is 15.2 Å². The zero-order valence-electron chi connectivity index (χ0n) is 17.4. The molecule has 0 radical (unpaired) electrons. The standard InChI is InChI=1S/C23H32N4O2/c1-2-3-8-15-25-23(29)21-26-20(19-14-7-9-17-27(19)21)22(28)24-16-10-13-18-11-5-4-6-12-18/h4-6,11-12H,2-3,7-10,13-17H2,1H3,(H,24,28)(H,25,29). The summed E-state index contributed by atoms with van der Waals surface area (Å²) in [5.41, 5.74) is 2.58. The summed E-state index contributed by atoms with van der Waals surface area (Å²) in [5.74, 6) is 0.0340. The number of hydrogen-bond acceptors (Lipinski definition) is 3. The Morgan fingerprint density at radius 1 is 1.00 bits per heavy atom. The van der Waals surface area contributed by atoms with E-state index in [1.54, 1.807) is 0 Å². The third-order valence-corrected chi connectivity index (χ3v) is 5.37. The highest BCUT2D eigenvalue weighted by Gasteiger charge is 2.27. The van der Waals surface area contributed by atoms with Gasteiger partial charge in [-0.2, -0.15) is 0 Å². The van der Waals surface area contributed by atoms with Crippen LogP contribution in [0.3, 0.4) is 0 Å². The molecule has 2 N–H and O–H groups in total. The topological polar surface area (TPSA) is 76.0 Å². The molecule has 1 aliphatic rings. The van der Waals surface area contributed by atoms with E-state index < -0.39 is 0 Å². The van der Waals surface area contributed by atoms with Crippen LogP contribution in [-0.4, -0.2) is 34.5 Å². The average Bonchev–Trinajstić information content (AvgIpc) is 3.15. The minimum Gasteiger partial charge on any atom is -0.351 e. The van der Waals surface area contributed by atoms with Gasteiger partial charge in [0.25, 0.3) is 11.8 Å². The fraction of sp³-hybridized carbons (Fsp3) is 0.522. The molecule has 0 fully saturated rings. The summed E-state index contributed by atoms with van der Waals surface area (Å²) in [6.45, 7) is 4.13. The molecule has 0 atom stereocenters. The number of nitrogens with zero attached hydrogens (tertiary/aromatic N) is 2. The van der Waals surface area contributed by atoms with Gasteiger partial charge in [-0.3, -0.25) is 9.59 Å². The molecule has 0 aliphatic carbocycles. The van der Waals surface area contributed by atoms with Crippen molar-refractivity contribution < 1.29 is 9.59 Å². The van der Waals surface area contributed by atoms with E-state index in [9.17, 15) is 9.59 Å². The van der Waals surface area contributed by atoms with Gasteiger partial charge in [0.05, 0.1) is 5.69 Å². The maximum atomic E-state index is 12.7. The quantitative estimate of drug-likeness (QED) is 0.604. The molecule has 1 aromatic heterocycles. The van der Waals surface area contributed by atoms with Crippen molar-refractivity contribution in [2.24, 2.45) is 0 Å². The first-order valence-corrected chi connectivity index (χ1v) is 10.9. The molecule has 0 unspecified atom stereocenters. The molecule has 2 amide bonds. The Kier molecular flexibility index (Phi) is 7.85. The van der Waals surface area contributed by atoms with Crippen LogP contribution in [0.25, 0.3) is 0 Å². The molecule has 0 saturated carbocycles. The lowest BCUT2D eigenvalue weighted by Crippen LogP contribution is -2.28. The maximum Gasteiger partial charge on any atom is 0.287 e. The van der Waals surface area contributed by atoms with Crippen molar-refractivity contribution in [3.05, 3.63) is 53.1 Å². The minimum atomic E-state index is -0.174. The summed E-state index contributed by atoms with van der Waals surface area (Å²) in [7, 11) is 0. The van der Waals surface area contributed by atoms with Crippen LogP contribution in [-0.2, 0) is 19.4 Å². The normalized spacial score (nSPS) is 13.0. The molecular formula is C23H32N4O2. The Hall–Kier alpha value is -2.63. The summed E-state index contributed by atoms with van der Waals surface area (Å²) in [6, 6.07) is 10.3. The molecule has 1 aliphatic heterocycles. The Bertz CT molecular complexity index is 814. The number of benzene rings is 1. The highest BCUT2D eigenvalue weighted by Crippen LogP contribution is 2.21. The van der Waals surface area contributed by atoms with E-state index in [-0.39, 0.29) is 11.8 Å². The van der Waals surface area contributed by atoms with E-state index in [1.807, 2.05) is 22.8 Å². The molecule has 1 aromatic carbocycles. The van der Waals surface area contributed by atoms with Crippen LogP contribution in [0.2, 0.25) is 0 Å². The van der Waals surface area contributed by atoms with Crippen molar-refractivity contribution in [1.29, 1.82) is 0 Å². The Labute approximate surface area is 173 Å². The highest BCUT2D eigenvalue weighted by molar-refractivity contribution is 5.97. The first-order valence-electron chi connectivity index (χ1n) is 10.9. The van der Waals surface area contributed by atoms with E-state index in [0.717, 1.165) is 63.6 Å². The van der Waals surface area contributed by atoms with Crippen LogP contribution < -0.4 is 10.6 Å². The second kappa shape index (κ2) is 10.8. The fourth-order valence-electron chi connectivity index (χ4n) is 3.78. The number of fused-ring (bicyclic) bond motifs is 1. The number of unbranched alkanes of at least 4 members (excludes halogenated alkanes) is 2. The predicted molar refractivity (Wildman–Crippen MR) is 114 cm³/mol. The van der Waals surface area contributed by atoms with Crippen LogP contribution in [0.5, 0.6) is 0 Å². The van der Waals surface area contributed by atoms with Gasteiger partial charge >= 0.3 is 0 Å².